The topological polar surface area (TPSA) is 90.7 Å². The molecule has 2 aliphatic rings. The molecule has 338 valence electrons. The number of para-hydroxylation sites is 2. The van der Waals surface area contributed by atoms with Gasteiger partial charge in [-0.2, -0.15) is 0 Å². The number of fused-ring (bicyclic) bond motifs is 18. The Morgan fingerprint density at radius 3 is 1.62 bits per heavy atom. The summed E-state index contributed by atoms with van der Waals surface area (Å²) < 4.78 is 13.6. The zero-order valence-corrected chi connectivity index (χ0v) is 38.9. The van der Waals surface area contributed by atoms with Gasteiger partial charge in [0.05, 0.1) is 16.6 Å². The molecule has 16 rings (SSSR count). The Labute approximate surface area is 417 Å². The van der Waals surface area contributed by atoms with Crippen LogP contribution in [-0.2, 0) is 5.41 Å². The van der Waals surface area contributed by atoms with E-state index in [0.29, 0.717) is 23.3 Å². The number of aromatic nitrogens is 5. The molecule has 4 aromatic heterocycles. The second kappa shape index (κ2) is 15.1. The monoisotopic (exact) mass is 931 g/mol. The van der Waals surface area contributed by atoms with Gasteiger partial charge in [-0.25, -0.2) is 24.9 Å². The predicted octanol–water partition coefficient (Wildman–Crippen LogP) is 16.3. The lowest BCUT2D eigenvalue weighted by Crippen LogP contribution is -2.26. The summed E-state index contributed by atoms with van der Waals surface area (Å²) >= 11 is 0. The van der Waals surface area contributed by atoms with Crippen LogP contribution in [0.15, 0.2) is 233 Å². The van der Waals surface area contributed by atoms with Gasteiger partial charge in [-0.3, -0.25) is 0 Å². The van der Waals surface area contributed by atoms with E-state index >= 15 is 0 Å². The molecule has 0 unspecified atom stereocenters. The number of hydrogen-bond donors (Lipinski definition) is 0. The van der Waals surface area contributed by atoms with Crippen LogP contribution in [0.3, 0.4) is 0 Å². The van der Waals surface area contributed by atoms with E-state index in [1.807, 2.05) is 91.0 Å². The van der Waals surface area contributed by atoms with Gasteiger partial charge < -0.3 is 8.83 Å². The van der Waals surface area contributed by atoms with Crippen LogP contribution >= 0.6 is 0 Å². The molecule has 0 saturated carbocycles. The third-order valence-corrected chi connectivity index (χ3v) is 15.1. The first-order valence-electron chi connectivity index (χ1n) is 24.6. The Hall–Kier alpha value is -9.85. The van der Waals surface area contributed by atoms with Gasteiger partial charge in [-0.15, -0.1) is 0 Å². The third-order valence-electron chi connectivity index (χ3n) is 15.1. The van der Waals surface area contributed by atoms with Crippen molar-refractivity contribution in [2.24, 2.45) is 0 Å². The molecule has 1 spiro atoms. The first kappa shape index (κ1) is 39.9. The van der Waals surface area contributed by atoms with E-state index in [-0.39, 0.29) is 0 Å². The fourth-order valence-corrected chi connectivity index (χ4v) is 12.0. The maximum atomic E-state index is 7.00. The Morgan fingerprint density at radius 2 is 0.863 bits per heavy atom. The normalized spacial score (nSPS) is 13.0. The van der Waals surface area contributed by atoms with E-state index in [1.165, 1.54) is 44.5 Å². The maximum Gasteiger partial charge on any atom is 0.164 e. The summed E-state index contributed by atoms with van der Waals surface area (Å²) in [5.41, 5.74) is 18.7. The van der Waals surface area contributed by atoms with E-state index in [0.717, 1.165) is 88.3 Å². The zero-order valence-electron chi connectivity index (χ0n) is 38.9. The molecule has 0 fully saturated rings. The number of benzene rings is 10. The highest BCUT2D eigenvalue weighted by molar-refractivity contribution is 6.16. The molecule has 7 nitrogen and oxygen atoms in total. The number of hydrogen-bond acceptors (Lipinski definition) is 7. The molecule has 4 heterocycles. The molecule has 0 radical (unpaired) electrons. The van der Waals surface area contributed by atoms with Gasteiger partial charge in [-0.1, -0.05) is 176 Å². The highest BCUT2D eigenvalue weighted by Crippen LogP contribution is 2.65. The van der Waals surface area contributed by atoms with Gasteiger partial charge in [-0.05, 0) is 93.0 Å². The van der Waals surface area contributed by atoms with Crippen molar-refractivity contribution >= 4 is 54.8 Å². The molecule has 73 heavy (non-hydrogen) atoms. The summed E-state index contributed by atoms with van der Waals surface area (Å²) in [5.74, 6) is 2.26. The molecular formula is C66H37N5O2. The largest absolute Gasteiger partial charge is 0.456 e. The average molecular weight is 932 g/mol. The van der Waals surface area contributed by atoms with Crippen molar-refractivity contribution in [3.63, 3.8) is 0 Å². The minimum atomic E-state index is -0.636. The lowest BCUT2D eigenvalue weighted by molar-refractivity contribution is 0.666. The smallest absolute Gasteiger partial charge is 0.164 e. The molecule has 10 aromatic carbocycles. The van der Waals surface area contributed by atoms with Crippen molar-refractivity contribution in [2.45, 2.75) is 5.41 Å². The molecule has 0 saturated heterocycles. The van der Waals surface area contributed by atoms with E-state index in [2.05, 4.69) is 133 Å². The number of rotatable bonds is 5. The Kier molecular flexibility index (Phi) is 8.25. The van der Waals surface area contributed by atoms with E-state index in [4.69, 9.17) is 33.8 Å². The highest BCUT2D eigenvalue weighted by Gasteiger charge is 2.53. The third kappa shape index (κ3) is 5.73. The van der Waals surface area contributed by atoms with Crippen molar-refractivity contribution in [3.05, 3.63) is 247 Å². The van der Waals surface area contributed by atoms with Crippen molar-refractivity contribution in [1.82, 2.24) is 24.9 Å². The van der Waals surface area contributed by atoms with E-state index < -0.39 is 5.41 Å². The minimum Gasteiger partial charge on any atom is -0.456 e. The van der Waals surface area contributed by atoms with Gasteiger partial charge in [0.15, 0.2) is 23.3 Å². The molecular weight excluding hydrogens is 895 g/mol. The summed E-state index contributed by atoms with van der Waals surface area (Å²) in [6.07, 6.45) is 0. The molecule has 0 bridgehead atoms. The van der Waals surface area contributed by atoms with Gasteiger partial charge in [0.25, 0.3) is 0 Å². The van der Waals surface area contributed by atoms with Crippen molar-refractivity contribution in [1.29, 1.82) is 0 Å². The zero-order chi connectivity index (χ0) is 47.8. The summed E-state index contributed by atoms with van der Waals surface area (Å²) in [4.78, 5) is 25.8. The van der Waals surface area contributed by atoms with Crippen LogP contribution < -0.4 is 0 Å². The first-order chi connectivity index (χ1) is 36.2. The quantitative estimate of drug-likeness (QED) is 0.170. The van der Waals surface area contributed by atoms with E-state index in [9.17, 15) is 0 Å². The predicted molar refractivity (Wildman–Crippen MR) is 291 cm³/mol. The first-order valence-corrected chi connectivity index (χ1v) is 24.6. The summed E-state index contributed by atoms with van der Waals surface area (Å²) in [6, 6.07) is 78.3. The second-order valence-corrected chi connectivity index (χ2v) is 19.0. The molecule has 0 amide bonds. The minimum absolute atomic E-state index is 0.535. The maximum absolute atomic E-state index is 7.00. The fraction of sp³-hybridized carbons (Fsp3) is 0.0152. The molecule has 0 atom stereocenters. The molecule has 0 aliphatic heterocycles. The second-order valence-electron chi connectivity index (χ2n) is 19.0. The molecule has 14 aromatic rings. The number of furan rings is 2. The fourth-order valence-electron chi connectivity index (χ4n) is 12.0. The van der Waals surface area contributed by atoms with Gasteiger partial charge in [0.1, 0.15) is 22.3 Å². The van der Waals surface area contributed by atoms with Crippen molar-refractivity contribution in [2.75, 3.05) is 0 Å². The van der Waals surface area contributed by atoms with Gasteiger partial charge in [0, 0.05) is 54.7 Å². The van der Waals surface area contributed by atoms with Crippen molar-refractivity contribution in [3.8, 4) is 79.1 Å². The van der Waals surface area contributed by atoms with Gasteiger partial charge >= 0.3 is 0 Å². The average Bonchev–Trinajstić information content (AvgIpc) is 4.30. The number of nitrogens with zero attached hydrogens (tertiary/aromatic N) is 5. The molecule has 2 aliphatic carbocycles. The van der Waals surface area contributed by atoms with Crippen LogP contribution in [0, 0.1) is 0 Å². The Balaban J connectivity index is 0.884. The molecule has 0 N–H and O–H groups in total. The highest BCUT2D eigenvalue weighted by atomic mass is 16.3. The van der Waals surface area contributed by atoms with Crippen LogP contribution in [0.25, 0.3) is 134 Å². The van der Waals surface area contributed by atoms with Gasteiger partial charge in [0.2, 0.25) is 0 Å². The van der Waals surface area contributed by atoms with Crippen LogP contribution in [0.1, 0.15) is 22.3 Å². The Bertz CT molecular complexity index is 4590. The summed E-state index contributed by atoms with van der Waals surface area (Å²) in [5, 5.41) is 5.33. The standard InChI is InChI=1S/C66H37N5O2/c1-3-16-38(17-4-1)61-47-25-9-13-28-54(47)67-63(68-61)40-20-15-21-41(34-40)64-69-62(39-18-5-2-6-19-39)70-65(71-64)42-30-31-48-57(35-42)73-56-33-32-46-49-36-50-45-24-10-14-29-55(45)72-58(50)37-53(49)66(60(46)59(48)56)51-26-11-7-22-43(51)44-23-8-12-27-52(44)66/h1-37H. The van der Waals surface area contributed by atoms with Crippen LogP contribution in [-0.4, -0.2) is 24.9 Å². The lowest BCUT2D eigenvalue weighted by Gasteiger charge is -2.31. The van der Waals surface area contributed by atoms with Crippen LogP contribution in [0.4, 0.5) is 0 Å². The van der Waals surface area contributed by atoms with Crippen molar-refractivity contribution < 1.29 is 8.83 Å². The lowest BCUT2D eigenvalue weighted by atomic mass is 9.69. The van der Waals surface area contributed by atoms with E-state index in [1.54, 1.807) is 0 Å². The van der Waals surface area contributed by atoms with Crippen LogP contribution in [0.5, 0.6) is 0 Å². The summed E-state index contributed by atoms with van der Waals surface area (Å²) in [7, 11) is 0. The molecule has 7 heteroatoms. The SMILES string of the molecule is c1ccc(-c2nc(-c3cccc(-c4nc(-c5ccccc5)c5ccccc5n4)c3)nc(-c3ccc4c(c3)oc3ccc5c(c34)C3(c4ccccc4-c4ccccc43)c3cc4oc6ccccc6c4cc3-5)n2)cc1. The van der Waals surface area contributed by atoms with Crippen LogP contribution in [0.2, 0.25) is 0 Å². The summed E-state index contributed by atoms with van der Waals surface area (Å²) in [6.45, 7) is 0. The Morgan fingerprint density at radius 1 is 0.288 bits per heavy atom.